The number of methoxy groups -OCH3 is 1. The van der Waals surface area contributed by atoms with Crippen molar-refractivity contribution in [1.29, 1.82) is 0 Å². The van der Waals surface area contributed by atoms with Crippen molar-refractivity contribution in [1.82, 2.24) is 10.6 Å². The van der Waals surface area contributed by atoms with Crippen molar-refractivity contribution in [2.24, 2.45) is 28.9 Å². The van der Waals surface area contributed by atoms with Gasteiger partial charge >= 0.3 is 0 Å². The predicted octanol–water partition coefficient (Wildman–Crippen LogP) is 3.69. The van der Waals surface area contributed by atoms with Crippen LogP contribution in [-0.4, -0.2) is 73.7 Å². The van der Waals surface area contributed by atoms with E-state index in [2.05, 4.69) is 24.5 Å². The molecule has 1 saturated carbocycles. The molecule has 1 aliphatic carbocycles. The van der Waals surface area contributed by atoms with E-state index in [9.17, 15) is 19.8 Å². The molecule has 6 N–H and O–H groups in total. The molecule has 3 atom stereocenters. The smallest absolute Gasteiger partial charge is 0.255 e. The van der Waals surface area contributed by atoms with Crippen LogP contribution in [0.4, 0.5) is 0 Å². The molecule has 10 heteroatoms. The number of carbonyl (C=O) groups excluding carboxylic acids is 2. The molecule has 41 heavy (non-hydrogen) atoms. The summed E-state index contributed by atoms with van der Waals surface area (Å²) in [5.74, 6) is 0.692. The van der Waals surface area contributed by atoms with Gasteiger partial charge in [-0.2, -0.15) is 0 Å². The lowest BCUT2D eigenvalue weighted by Gasteiger charge is -2.37. The summed E-state index contributed by atoms with van der Waals surface area (Å²) in [5, 5.41) is 26.5. The number of hydrogen-bond acceptors (Lipinski definition) is 7. The van der Waals surface area contributed by atoms with Crippen molar-refractivity contribution in [2.45, 2.75) is 90.9 Å². The Morgan fingerprint density at radius 1 is 1.05 bits per heavy atom. The SMILES string of the molecule is COCCCCOc1ccccc1C(=O)NCC(CC(N)C(O)CNC(=O)C(C)(C)C1CCC(O)CC1)C(C)C.Cl. The maximum absolute atomic E-state index is 13.0. The first kappa shape index (κ1) is 37.1. The van der Waals surface area contributed by atoms with Crippen LogP contribution in [0.15, 0.2) is 24.3 Å². The fourth-order valence-corrected chi connectivity index (χ4v) is 5.29. The van der Waals surface area contributed by atoms with Crippen LogP contribution in [0.1, 0.15) is 83.0 Å². The van der Waals surface area contributed by atoms with E-state index >= 15 is 0 Å². The minimum atomic E-state index is -0.905. The second-order valence-electron chi connectivity index (χ2n) is 12.2. The number of carbonyl (C=O) groups is 2. The zero-order valence-electron chi connectivity index (χ0n) is 25.6. The summed E-state index contributed by atoms with van der Waals surface area (Å²) in [6.07, 6.45) is 4.11. The Kier molecular flexibility index (Phi) is 16.8. The number of aliphatic hydroxyl groups excluding tert-OH is 2. The van der Waals surface area contributed by atoms with E-state index < -0.39 is 17.6 Å². The van der Waals surface area contributed by atoms with Crippen molar-refractivity contribution in [3.05, 3.63) is 29.8 Å². The van der Waals surface area contributed by atoms with Crippen LogP contribution in [0, 0.1) is 23.2 Å². The van der Waals surface area contributed by atoms with Gasteiger partial charge in [-0.25, -0.2) is 0 Å². The molecule has 2 rings (SSSR count). The Labute approximate surface area is 252 Å². The molecule has 0 bridgehead atoms. The first-order valence-electron chi connectivity index (χ1n) is 14.9. The number of aliphatic hydroxyl groups is 2. The van der Waals surface area contributed by atoms with Crippen LogP contribution < -0.4 is 21.1 Å². The third kappa shape index (κ3) is 12.1. The Bertz CT molecular complexity index is 908. The van der Waals surface area contributed by atoms with E-state index in [1.165, 1.54) is 0 Å². The van der Waals surface area contributed by atoms with Crippen molar-refractivity contribution in [3.8, 4) is 5.75 Å². The predicted molar refractivity (Wildman–Crippen MR) is 164 cm³/mol. The van der Waals surface area contributed by atoms with Gasteiger partial charge in [-0.15, -0.1) is 12.4 Å². The molecule has 0 heterocycles. The van der Waals surface area contributed by atoms with Gasteiger partial charge < -0.3 is 36.1 Å². The van der Waals surface area contributed by atoms with Gasteiger partial charge in [-0.1, -0.05) is 39.8 Å². The van der Waals surface area contributed by atoms with Crippen molar-refractivity contribution in [3.63, 3.8) is 0 Å². The van der Waals surface area contributed by atoms with Gasteiger partial charge in [0.1, 0.15) is 5.75 Å². The third-order valence-electron chi connectivity index (χ3n) is 8.44. The first-order chi connectivity index (χ1) is 19.0. The lowest BCUT2D eigenvalue weighted by atomic mass is 9.70. The molecular weight excluding hydrogens is 546 g/mol. The Morgan fingerprint density at radius 3 is 2.32 bits per heavy atom. The molecule has 0 radical (unpaired) electrons. The summed E-state index contributed by atoms with van der Waals surface area (Å²) >= 11 is 0. The van der Waals surface area contributed by atoms with Crippen molar-refractivity contribution in [2.75, 3.05) is 33.4 Å². The van der Waals surface area contributed by atoms with Gasteiger partial charge in [0, 0.05) is 38.3 Å². The van der Waals surface area contributed by atoms with Crippen LogP contribution >= 0.6 is 12.4 Å². The number of para-hydroxylation sites is 1. The maximum atomic E-state index is 13.0. The number of rotatable bonds is 17. The molecule has 0 aliphatic heterocycles. The first-order valence-corrected chi connectivity index (χ1v) is 14.9. The number of halogens is 1. The van der Waals surface area contributed by atoms with Gasteiger partial charge in [0.25, 0.3) is 5.91 Å². The molecule has 1 aromatic rings. The number of ether oxygens (including phenoxy) is 2. The van der Waals surface area contributed by atoms with E-state index in [1.54, 1.807) is 19.2 Å². The number of nitrogens with two attached hydrogens (primary N) is 1. The normalized spacial score (nSPS) is 19.5. The fraction of sp³-hybridized carbons (Fsp3) is 0.742. The molecule has 2 amide bonds. The average molecular weight is 600 g/mol. The Balaban J connectivity index is 0.00000840. The number of hydrogen-bond donors (Lipinski definition) is 5. The second kappa shape index (κ2) is 18.6. The quantitative estimate of drug-likeness (QED) is 0.172. The van der Waals surface area contributed by atoms with E-state index in [1.807, 2.05) is 26.0 Å². The lowest BCUT2D eigenvalue weighted by molar-refractivity contribution is -0.134. The molecule has 0 aromatic heterocycles. The highest BCUT2D eigenvalue weighted by Gasteiger charge is 2.38. The summed E-state index contributed by atoms with van der Waals surface area (Å²) in [5.41, 5.74) is 6.27. The summed E-state index contributed by atoms with van der Waals surface area (Å²) in [6.45, 7) is 9.66. The van der Waals surface area contributed by atoms with Gasteiger partial charge in [0.05, 0.1) is 24.4 Å². The highest BCUT2D eigenvalue weighted by Crippen LogP contribution is 2.38. The maximum Gasteiger partial charge on any atom is 0.255 e. The number of benzene rings is 1. The molecule has 0 saturated heterocycles. The summed E-state index contributed by atoms with van der Waals surface area (Å²) in [7, 11) is 1.67. The van der Waals surface area contributed by atoms with Gasteiger partial charge in [-0.3, -0.25) is 9.59 Å². The summed E-state index contributed by atoms with van der Waals surface area (Å²) in [6, 6.07) is 6.65. The molecule has 0 spiro atoms. The highest BCUT2D eigenvalue weighted by atomic mass is 35.5. The number of nitrogens with one attached hydrogen (secondary N) is 2. The van der Waals surface area contributed by atoms with Crippen molar-refractivity contribution >= 4 is 24.2 Å². The van der Waals surface area contributed by atoms with E-state index in [4.69, 9.17) is 15.2 Å². The highest BCUT2D eigenvalue weighted by molar-refractivity contribution is 5.96. The van der Waals surface area contributed by atoms with E-state index in [0.717, 1.165) is 38.5 Å². The van der Waals surface area contributed by atoms with Crippen LogP contribution in [-0.2, 0) is 9.53 Å². The van der Waals surface area contributed by atoms with E-state index in [-0.39, 0.29) is 54.6 Å². The molecule has 1 aromatic carbocycles. The van der Waals surface area contributed by atoms with E-state index in [0.29, 0.717) is 37.5 Å². The fourth-order valence-electron chi connectivity index (χ4n) is 5.29. The Morgan fingerprint density at radius 2 is 1.68 bits per heavy atom. The second-order valence-corrected chi connectivity index (χ2v) is 12.2. The Hall–Kier alpha value is -1.91. The van der Waals surface area contributed by atoms with Crippen LogP contribution in [0.25, 0.3) is 0 Å². The minimum Gasteiger partial charge on any atom is -0.493 e. The van der Waals surface area contributed by atoms with Crippen LogP contribution in [0.3, 0.4) is 0 Å². The van der Waals surface area contributed by atoms with Crippen LogP contribution in [0.2, 0.25) is 0 Å². The summed E-state index contributed by atoms with van der Waals surface area (Å²) in [4.78, 5) is 26.0. The standard InChI is InChI=1S/C31H53N3O6.ClH/c1-21(2)22(19-33-29(37)25-10-6-7-11-28(25)40-17-9-8-16-39-5)18-26(32)27(36)20-34-30(38)31(3,4)23-12-14-24(35)15-13-23;/h6-7,10-11,21-24,26-27,35-36H,8-9,12-20,32H2,1-5H3,(H,33,37)(H,34,38);1H. The van der Waals surface area contributed by atoms with Crippen molar-refractivity contribution < 1.29 is 29.3 Å². The third-order valence-corrected chi connectivity index (χ3v) is 8.44. The molecule has 236 valence electrons. The van der Waals surface area contributed by atoms with Gasteiger partial charge in [-0.05, 0) is 74.8 Å². The zero-order valence-corrected chi connectivity index (χ0v) is 26.4. The lowest BCUT2D eigenvalue weighted by Crippen LogP contribution is -2.49. The molecule has 3 unspecified atom stereocenters. The molecular formula is C31H54ClN3O6. The zero-order chi connectivity index (χ0) is 29.7. The van der Waals surface area contributed by atoms with Gasteiger partial charge in [0.2, 0.25) is 5.91 Å². The topological polar surface area (TPSA) is 143 Å². The summed E-state index contributed by atoms with van der Waals surface area (Å²) < 4.78 is 10.9. The molecule has 1 fully saturated rings. The largest absolute Gasteiger partial charge is 0.493 e. The number of amides is 2. The molecule has 1 aliphatic rings. The minimum absolute atomic E-state index is 0. The monoisotopic (exact) mass is 599 g/mol. The average Bonchev–Trinajstić information content (AvgIpc) is 2.93. The molecule has 9 nitrogen and oxygen atoms in total. The number of unbranched alkanes of at least 4 members (excludes halogenated alkanes) is 1. The van der Waals surface area contributed by atoms with Gasteiger partial charge in [0.15, 0.2) is 0 Å². The van der Waals surface area contributed by atoms with Crippen LogP contribution in [0.5, 0.6) is 5.75 Å².